The van der Waals surface area contributed by atoms with Gasteiger partial charge < -0.3 is 14.4 Å². The molecule has 0 spiro atoms. The molecular weight excluding hydrogens is 352 g/mol. The van der Waals surface area contributed by atoms with Crippen LogP contribution in [0.2, 0.25) is 0 Å². The number of nitrogens with zero attached hydrogens (tertiary/aromatic N) is 2. The number of aryl methyl sites for hydroxylation is 1. The molecule has 3 atom stereocenters. The van der Waals surface area contributed by atoms with Crippen LogP contribution in [0.25, 0.3) is 0 Å². The van der Waals surface area contributed by atoms with Crippen molar-refractivity contribution in [3.8, 4) is 5.75 Å². The van der Waals surface area contributed by atoms with Gasteiger partial charge in [-0.25, -0.2) is 0 Å². The zero-order chi connectivity index (χ0) is 20.8. The van der Waals surface area contributed by atoms with Crippen LogP contribution in [-0.2, 0) is 9.53 Å². The van der Waals surface area contributed by atoms with E-state index < -0.39 is 0 Å². The number of benzene rings is 1. The first-order chi connectivity index (χ1) is 13.3. The quantitative estimate of drug-likeness (QED) is 0.679. The van der Waals surface area contributed by atoms with Gasteiger partial charge in [-0.2, -0.15) is 0 Å². The highest BCUT2D eigenvalue weighted by Crippen LogP contribution is 2.32. The third-order valence-corrected chi connectivity index (χ3v) is 6.05. The van der Waals surface area contributed by atoms with E-state index in [-0.39, 0.29) is 11.8 Å². The highest BCUT2D eigenvalue weighted by molar-refractivity contribution is 5.77. The Bertz CT molecular complexity index is 635. The maximum atomic E-state index is 13.2. The van der Waals surface area contributed by atoms with Gasteiger partial charge in [0.05, 0.1) is 13.7 Å². The molecule has 28 heavy (non-hydrogen) atoms. The molecule has 2 rings (SSSR count). The van der Waals surface area contributed by atoms with Crippen molar-refractivity contribution in [1.82, 2.24) is 9.80 Å². The molecule has 158 valence electrons. The average Bonchev–Trinajstić information content (AvgIpc) is 2.64. The lowest BCUT2D eigenvalue weighted by atomic mass is 9.84. The van der Waals surface area contributed by atoms with Gasteiger partial charge in [-0.05, 0) is 49.8 Å². The Hall–Kier alpha value is -1.59. The van der Waals surface area contributed by atoms with Crippen LogP contribution >= 0.6 is 0 Å². The van der Waals surface area contributed by atoms with Gasteiger partial charge in [-0.15, -0.1) is 0 Å². The molecule has 1 saturated heterocycles. The minimum Gasteiger partial charge on any atom is -0.496 e. The summed E-state index contributed by atoms with van der Waals surface area (Å²) in [6.07, 6.45) is 0.556. The zero-order valence-electron chi connectivity index (χ0n) is 18.7. The van der Waals surface area contributed by atoms with Gasteiger partial charge in [-0.3, -0.25) is 9.69 Å². The van der Waals surface area contributed by atoms with Crippen LogP contribution in [0.1, 0.15) is 51.2 Å². The fourth-order valence-corrected chi connectivity index (χ4v) is 4.39. The molecular formula is C23H38N2O3. The Morgan fingerprint density at radius 1 is 1.18 bits per heavy atom. The Morgan fingerprint density at radius 2 is 1.82 bits per heavy atom. The number of hydrogen-bond acceptors (Lipinski definition) is 4. The molecule has 5 nitrogen and oxygen atoms in total. The third-order valence-electron chi connectivity index (χ3n) is 6.05. The Labute approximate surface area is 171 Å². The molecule has 3 unspecified atom stereocenters. The number of amides is 1. The topological polar surface area (TPSA) is 42.0 Å². The molecule has 1 aromatic carbocycles. The molecule has 1 aliphatic rings. The highest BCUT2D eigenvalue weighted by atomic mass is 16.5. The molecule has 1 aliphatic heterocycles. The van der Waals surface area contributed by atoms with Gasteiger partial charge in [0.25, 0.3) is 0 Å². The van der Waals surface area contributed by atoms with Crippen molar-refractivity contribution >= 4 is 5.91 Å². The van der Waals surface area contributed by atoms with Crippen molar-refractivity contribution in [3.63, 3.8) is 0 Å². The smallest absolute Gasteiger partial charge is 0.223 e. The molecule has 5 heteroatoms. The van der Waals surface area contributed by atoms with E-state index in [9.17, 15) is 4.79 Å². The second-order valence-corrected chi connectivity index (χ2v) is 8.51. The fraction of sp³-hybridized carbons (Fsp3) is 0.696. The van der Waals surface area contributed by atoms with Gasteiger partial charge >= 0.3 is 0 Å². The van der Waals surface area contributed by atoms with Crippen LogP contribution in [0.3, 0.4) is 0 Å². The van der Waals surface area contributed by atoms with Gasteiger partial charge in [0, 0.05) is 45.2 Å². The SMILES string of the molecule is COCCN1C(C)CN(C(=O)CC(c2ccc(OC)c(C)c2)C(C)C)CC1C. The number of carbonyl (C=O) groups is 1. The third kappa shape index (κ3) is 5.48. The maximum Gasteiger partial charge on any atom is 0.223 e. The molecule has 1 fully saturated rings. The second kappa shape index (κ2) is 10.3. The summed E-state index contributed by atoms with van der Waals surface area (Å²) in [5.74, 6) is 1.77. The van der Waals surface area contributed by atoms with Gasteiger partial charge in [0.15, 0.2) is 0 Å². The number of carbonyl (C=O) groups excluding carboxylic acids is 1. The van der Waals surface area contributed by atoms with Crippen molar-refractivity contribution in [2.24, 2.45) is 5.92 Å². The second-order valence-electron chi connectivity index (χ2n) is 8.51. The number of methoxy groups -OCH3 is 2. The Balaban J connectivity index is 2.07. The summed E-state index contributed by atoms with van der Waals surface area (Å²) in [7, 11) is 3.43. The lowest BCUT2D eigenvalue weighted by Gasteiger charge is -2.44. The number of hydrogen-bond donors (Lipinski definition) is 0. The molecule has 0 bridgehead atoms. The molecule has 1 aromatic rings. The van der Waals surface area contributed by atoms with Crippen LogP contribution in [0.5, 0.6) is 5.75 Å². The van der Waals surface area contributed by atoms with Crippen molar-refractivity contribution in [3.05, 3.63) is 29.3 Å². The highest BCUT2D eigenvalue weighted by Gasteiger charge is 2.32. The monoisotopic (exact) mass is 390 g/mol. The van der Waals surface area contributed by atoms with E-state index in [0.29, 0.717) is 24.4 Å². The van der Waals surface area contributed by atoms with E-state index in [2.05, 4.69) is 56.6 Å². The minimum atomic E-state index is 0.217. The first-order valence-corrected chi connectivity index (χ1v) is 10.4. The molecule has 0 radical (unpaired) electrons. The first-order valence-electron chi connectivity index (χ1n) is 10.4. The minimum absolute atomic E-state index is 0.217. The summed E-state index contributed by atoms with van der Waals surface area (Å²) in [5.41, 5.74) is 2.34. The summed E-state index contributed by atoms with van der Waals surface area (Å²) in [4.78, 5) is 17.7. The fourth-order valence-electron chi connectivity index (χ4n) is 4.39. The molecule has 0 aromatic heterocycles. The molecule has 0 N–H and O–H groups in total. The van der Waals surface area contributed by atoms with Crippen LogP contribution in [0, 0.1) is 12.8 Å². The molecule has 0 aliphatic carbocycles. The average molecular weight is 391 g/mol. The summed E-state index contributed by atoms with van der Waals surface area (Å²) in [6, 6.07) is 7.00. The molecule has 1 amide bonds. The lowest BCUT2D eigenvalue weighted by Crippen LogP contribution is -2.58. The van der Waals surface area contributed by atoms with Crippen LogP contribution in [0.4, 0.5) is 0 Å². The summed E-state index contributed by atoms with van der Waals surface area (Å²) in [6.45, 7) is 14.1. The van der Waals surface area contributed by atoms with Gasteiger partial charge in [-0.1, -0.05) is 26.0 Å². The van der Waals surface area contributed by atoms with E-state index in [1.807, 2.05) is 6.07 Å². The maximum absolute atomic E-state index is 13.2. The van der Waals surface area contributed by atoms with E-state index in [1.54, 1.807) is 14.2 Å². The van der Waals surface area contributed by atoms with E-state index in [0.717, 1.165) is 37.6 Å². The first kappa shape index (κ1) is 22.7. The number of rotatable bonds is 8. The van der Waals surface area contributed by atoms with Gasteiger partial charge in [0.2, 0.25) is 5.91 Å². The summed E-state index contributed by atoms with van der Waals surface area (Å²) in [5, 5.41) is 0. The van der Waals surface area contributed by atoms with E-state index >= 15 is 0 Å². The van der Waals surface area contributed by atoms with E-state index in [4.69, 9.17) is 9.47 Å². The lowest BCUT2D eigenvalue weighted by molar-refractivity contribution is -0.136. The predicted octanol–water partition coefficient (Wildman–Crippen LogP) is 3.70. The summed E-state index contributed by atoms with van der Waals surface area (Å²) >= 11 is 0. The molecule has 1 heterocycles. The Morgan fingerprint density at radius 3 is 2.32 bits per heavy atom. The number of piperazine rings is 1. The van der Waals surface area contributed by atoms with E-state index in [1.165, 1.54) is 5.56 Å². The molecule has 0 saturated carbocycles. The van der Waals surface area contributed by atoms with Crippen LogP contribution in [-0.4, -0.2) is 68.3 Å². The van der Waals surface area contributed by atoms with Crippen molar-refractivity contribution in [2.45, 2.75) is 59.0 Å². The van der Waals surface area contributed by atoms with Gasteiger partial charge in [0.1, 0.15) is 5.75 Å². The zero-order valence-corrected chi connectivity index (χ0v) is 18.7. The van der Waals surface area contributed by atoms with Crippen molar-refractivity contribution in [2.75, 3.05) is 40.5 Å². The predicted molar refractivity (Wildman–Crippen MR) is 114 cm³/mol. The largest absolute Gasteiger partial charge is 0.496 e. The van der Waals surface area contributed by atoms with Crippen LogP contribution in [0.15, 0.2) is 18.2 Å². The Kier molecular flexibility index (Phi) is 8.32. The normalized spacial score (nSPS) is 21.8. The van der Waals surface area contributed by atoms with Crippen molar-refractivity contribution in [1.29, 1.82) is 0 Å². The van der Waals surface area contributed by atoms with Crippen molar-refractivity contribution < 1.29 is 14.3 Å². The van der Waals surface area contributed by atoms with Crippen LogP contribution < -0.4 is 4.74 Å². The number of ether oxygens (including phenoxy) is 2. The summed E-state index contributed by atoms with van der Waals surface area (Å²) < 4.78 is 10.6. The standard InChI is InChI=1S/C23H38N2O3/c1-16(2)21(20-8-9-22(28-7)17(3)12-20)13-23(26)24-14-18(4)25(10-11-27-6)19(5)15-24/h8-9,12,16,18-19,21H,10-11,13-15H2,1-7H3.